The van der Waals surface area contributed by atoms with Gasteiger partial charge in [-0.3, -0.25) is 4.79 Å². The van der Waals surface area contributed by atoms with Crippen molar-refractivity contribution in [3.05, 3.63) is 55.9 Å². The van der Waals surface area contributed by atoms with Crippen LogP contribution in [0.15, 0.2) is 29.1 Å². The van der Waals surface area contributed by atoms with E-state index in [-0.39, 0.29) is 5.56 Å². The quantitative estimate of drug-likeness (QED) is 0.621. The highest BCUT2D eigenvalue weighted by Crippen LogP contribution is 2.30. The molecule has 0 spiro atoms. The first-order valence-electron chi connectivity index (χ1n) is 9.12. The minimum Gasteiger partial charge on any atom is -0.347 e. The minimum atomic E-state index is -0.107. The first-order valence-corrected chi connectivity index (χ1v) is 10.7. The van der Waals surface area contributed by atoms with Crippen molar-refractivity contribution >= 4 is 44.6 Å². The van der Waals surface area contributed by atoms with Crippen LogP contribution in [0.4, 0.5) is 5.13 Å². The molecule has 1 fully saturated rings. The summed E-state index contributed by atoms with van der Waals surface area (Å²) < 4.78 is 1.41. The highest BCUT2D eigenvalue weighted by Gasteiger charge is 2.23. The van der Waals surface area contributed by atoms with Gasteiger partial charge < -0.3 is 4.90 Å². The molecule has 1 saturated heterocycles. The molecule has 0 saturated carbocycles. The third kappa shape index (κ3) is 3.98. The van der Waals surface area contributed by atoms with Crippen LogP contribution in [0, 0.1) is 5.92 Å². The molecule has 3 heterocycles. The number of aryl methyl sites for hydroxylation is 1. The number of anilines is 1. The number of benzene rings is 1. The third-order valence-corrected chi connectivity index (χ3v) is 6.62. The largest absolute Gasteiger partial charge is 0.347 e. The predicted octanol–water partition coefficient (Wildman–Crippen LogP) is 4.48. The van der Waals surface area contributed by atoms with Crippen LogP contribution in [-0.4, -0.2) is 27.7 Å². The van der Waals surface area contributed by atoms with Crippen molar-refractivity contribution in [3.63, 3.8) is 0 Å². The van der Waals surface area contributed by atoms with Crippen LogP contribution in [0.1, 0.15) is 31.0 Å². The van der Waals surface area contributed by atoms with Gasteiger partial charge in [0.25, 0.3) is 5.56 Å². The van der Waals surface area contributed by atoms with Gasteiger partial charge >= 0.3 is 0 Å². The van der Waals surface area contributed by atoms with E-state index >= 15 is 0 Å². The Kier molecular flexibility index (Phi) is 5.39. The second kappa shape index (κ2) is 7.78. The maximum Gasteiger partial charge on any atom is 0.275 e. The summed E-state index contributed by atoms with van der Waals surface area (Å²) in [7, 11) is 0. The normalized spacial score (nSPS) is 15.6. The zero-order valence-electron chi connectivity index (χ0n) is 15.0. The third-order valence-electron chi connectivity index (χ3n) is 5.05. The summed E-state index contributed by atoms with van der Waals surface area (Å²) in [6.45, 7) is 3.83. The van der Waals surface area contributed by atoms with Crippen molar-refractivity contribution in [2.75, 3.05) is 18.0 Å². The maximum atomic E-state index is 12.2. The van der Waals surface area contributed by atoms with E-state index in [1.54, 1.807) is 6.07 Å². The molecule has 1 aromatic carbocycles. The van der Waals surface area contributed by atoms with E-state index in [0.717, 1.165) is 65.2 Å². The molecule has 27 heavy (non-hydrogen) atoms. The predicted molar refractivity (Wildman–Crippen MR) is 112 cm³/mol. The smallest absolute Gasteiger partial charge is 0.275 e. The zero-order chi connectivity index (χ0) is 19.0. The Labute approximate surface area is 171 Å². The van der Waals surface area contributed by atoms with Gasteiger partial charge in [0.05, 0.1) is 0 Å². The first kappa shape index (κ1) is 18.7. The van der Waals surface area contributed by atoms with Gasteiger partial charge in [0.2, 0.25) is 10.1 Å². The number of hydrogen-bond donors (Lipinski definition) is 0. The summed E-state index contributed by atoms with van der Waals surface area (Å²) in [4.78, 5) is 19.6. The van der Waals surface area contributed by atoms with E-state index in [2.05, 4.69) is 15.0 Å². The molecule has 3 aromatic rings. The standard InChI is InChI=1S/C19H20Cl2N4OS/c1-2-15-11-17(26)25-18(22-15)27-19(23-25)24-7-5-12(6-8-24)9-13-10-14(20)3-4-16(13)21/h3-4,10-12H,2,5-9H2,1H3. The van der Waals surface area contributed by atoms with Crippen molar-refractivity contribution in [1.29, 1.82) is 0 Å². The minimum absolute atomic E-state index is 0.107. The molecular weight excluding hydrogens is 403 g/mol. The fourth-order valence-electron chi connectivity index (χ4n) is 3.49. The molecule has 4 rings (SSSR count). The Morgan fingerprint density at radius 1 is 1.22 bits per heavy atom. The number of hydrogen-bond acceptors (Lipinski definition) is 5. The molecule has 0 N–H and O–H groups in total. The van der Waals surface area contributed by atoms with E-state index in [1.807, 2.05) is 25.1 Å². The second-order valence-electron chi connectivity index (χ2n) is 6.89. The van der Waals surface area contributed by atoms with Crippen LogP contribution in [0.25, 0.3) is 4.96 Å². The van der Waals surface area contributed by atoms with Crippen LogP contribution in [0.2, 0.25) is 10.0 Å². The molecule has 0 bridgehead atoms. The Morgan fingerprint density at radius 2 is 2.00 bits per heavy atom. The fraction of sp³-hybridized carbons (Fsp3) is 0.421. The lowest BCUT2D eigenvalue weighted by molar-refractivity contribution is 0.403. The van der Waals surface area contributed by atoms with Crippen LogP contribution >= 0.6 is 34.5 Å². The molecule has 0 radical (unpaired) electrons. The Hall–Kier alpha value is -1.63. The van der Waals surface area contributed by atoms with Gasteiger partial charge in [-0.05, 0) is 55.4 Å². The topological polar surface area (TPSA) is 50.5 Å². The molecule has 0 amide bonds. The zero-order valence-corrected chi connectivity index (χ0v) is 17.3. The molecule has 1 aliphatic heterocycles. The van der Waals surface area contributed by atoms with Gasteiger partial charge in [-0.15, -0.1) is 5.10 Å². The van der Waals surface area contributed by atoms with Crippen molar-refractivity contribution in [1.82, 2.24) is 14.6 Å². The van der Waals surface area contributed by atoms with E-state index in [4.69, 9.17) is 23.2 Å². The maximum absolute atomic E-state index is 12.2. The molecule has 2 aromatic heterocycles. The van der Waals surface area contributed by atoms with Gasteiger partial charge in [-0.2, -0.15) is 4.52 Å². The number of halogens is 2. The Morgan fingerprint density at radius 3 is 2.74 bits per heavy atom. The van der Waals surface area contributed by atoms with Gasteiger partial charge in [0.1, 0.15) is 0 Å². The summed E-state index contributed by atoms with van der Waals surface area (Å²) in [6, 6.07) is 7.22. The van der Waals surface area contributed by atoms with Gasteiger partial charge in [0.15, 0.2) is 0 Å². The van der Waals surface area contributed by atoms with Gasteiger partial charge in [-0.25, -0.2) is 4.98 Å². The highest BCUT2D eigenvalue weighted by molar-refractivity contribution is 7.20. The van der Waals surface area contributed by atoms with Gasteiger partial charge in [0, 0.05) is 34.9 Å². The van der Waals surface area contributed by atoms with Crippen LogP contribution in [-0.2, 0) is 12.8 Å². The average Bonchev–Trinajstić information content (AvgIpc) is 3.10. The summed E-state index contributed by atoms with van der Waals surface area (Å²) in [6.07, 6.45) is 3.80. The molecule has 5 nitrogen and oxygen atoms in total. The average molecular weight is 423 g/mol. The summed E-state index contributed by atoms with van der Waals surface area (Å²) in [5.74, 6) is 0.569. The SMILES string of the molecule is CCc1cc(=O)n2nc(N3CCC(Cc4cc(Cl)ccc4Cl)CC3)sc2n1. The van der Waals surface area contributed by atoms with Crippen LogP contribution in [0.3, 0.4) is 0 Å². The molecule has 142 valence electrons. The van der Waals surface area contributed by atoms with Crippen LogP contribution in [0.5, 0.6) is 0 Å². The second-order valence-corrected chi connectivity index (χ2v) is 8.67. The number of rotatable bonds is 4. The van der Waals surface area contributed by atoms with Crippen molar-refractivity contribution in [2.45, 2.75) is 32.6 Å². The molecule has 0 unspecified atom stereocenters. The van der Waals surface area contributed by atoms with Crippen LogP contribution < -0.4 is 10.5 Å². The van der Waals surface area contributed by atoms with E-state index in [1.165, 1.54) is 15.9 Å². The molecule has 0 atom stereocenters. The van der Waals surface area contributed by atoms with E-state index in [0.29, 0.717) is 10.9 Å². The monoisotopic (exact) mass is 422 g/mol. The highest BCUT2D eigenvalue weighted by atomic mass is 35.5. The number of aromatic nitrogens is 3. The Bertz CT molecular complexity index is 1020. The lowest BCUT2D eigenvalue weighted by Gasteiger charge is -2.31. The van der Waals surface area contributed by atoms with Crippen molar-refractivity contribution in [3.8, 4) is 0 Å². The Balaban J connectivity index is 1.46. The molecular formula is C19H20Cl2N4OS. The van der Waals surface area contributed by atoms with Crippen molar-refractivity contribution in [2.24, 2.45) is 5.92 Å². The molecule has 1 aliphatic rings. The molecule has 0 aliphatic carbocycles. The lowest BCUT2D eigenvalue weighted by Crippen LogP contribution is -2.34. The van der Waals surface area contributed by atoms with E-state index in [9.17, 15) is 4.79 Å². The number of fused-ring (bicyclic) bond motifs is 1. The summed E-state index contributed by atoms with van der Waals surface area (Å²) in [5, 5.41) is 6.87. The molecule has 8 heteroatoms. The summed E-state index contributed by atoms with van der Waals surface area (Å²) in [5.41, 5.74) is 1.82. The van der Waals surface area contributed by atoms with E-state index < -0.39 is 0 Å². The number of piperidine rings is 1. The fourth-order valence-corrected chi connectivity index (χ4v) is 4.86. The first-order chi connectivity index (χ1) is 13.0. The number of nitrogens with zero attached hydrogens (tertiary/aromatic N) is 4. The van der Waals surface area contributed by atoms with Crippen molar-refractivity contribution < 1.29 is 0 Å². The lowest BCUT2D eigenvalue weighted by atomic mass is 9.90. The van der Waals surface area contributed by atoms with Gasteiger partial charge in [-0.1, -0.05) is 41.5 Å². The summed E-state index contributed by atoms with van der Waals surface area (Å²) >= 11 is 13.9.